The van der Waals surface area contributed by atoms with Gasteiger partial charge in [0.25, 0.3) is 0 Å². The van der Waals surface area contributed by atoms with Gasteiger partial charge in [-0.2, -0.15) is 0 Å². The average Bonchev–Trinajstić information content (AvgIpc) is 2.75. The van der Waals surface area contributed by atoms with E-state index in [0.717, 1.165) is 47.2 Å². The molecule has 1 aromatic heterocycles. The van der Waals surface area contributed by atoms with Crippen molar-refractivity contribution in [2.24, 2.45) is 0 Å². The Bertz CT molecular complexity index is 972. The number of unbranched alkanes of at least 4 members (excludes halogenated alkanes) is 1. The minimum absolute atomic E-state index is 0.578. The number of hydrogen-bond acceptors (Lipinski definition) is 1. The van der Waals surface area contributed by atoms with Crippen molar-refractivity contribution in [3.8, 4) is 34.2 Å². The zero-order valence-electron chi connectivity index (χ0n) is 16.9. The van der Waals surface area contributed by atoms with Crippen LogP contribution in [-0.4, -0.2) is 11.2 Å². The monoisotopic (exact) mass is 383 g/mol. The molecule has 0 spiro atoms. The molecule has 1 heterocycles. The van der Waals surface area contributed by atoms with E-state index in [9.17, 15) is 4.39 Å². The molecule has 0 fully saturated rings. The van der Waals surface area contributed by atoms with E-state index in [1.54, 1.807) is 6.92 Å². The van der Waals surface area contributed by atoms with Gasteiger partial charge in [0.05, 0.1) is 11.9 Å². The third kappa shape index (κ3) is 6.16. The van der Waals surface area contributed by atoms with Crippen molar-refractivity contribution in [2.75, 3.05) is 0 Å². The number of rotatable bonds is 7. The highest BCUT2D eigenvalue weighted by molar-refractivity contribution is 5.67. The lowest BCUT2D eigenvalue weighted by Crippen LogP contribution is -1.90. The molecule has 0 amide bonds. The Balaban J connectivity index is 1.64. The number of pyridine rings is 1. The van der Waals surface area contributed by atoms with E-state index >= 15 is 0 Å². The molecule has 0 bridgehead atoms. The number of benzene rings is 2. The summed E-state index contributed by atoms with van der Waals surface area (Å²) in [4.78, 5) is 4.63. The predicted molar refractivity (Wildman–Crippen MR) is 120 cm³/mol. The van der Waals surface area contributed by atoms with Gasteiger partial charge in [0, 0.05) is 29.3 Å². The summed E-state index contributed by atoms with van der Waals surface area (Å²) in [5.41, 5.74) is 6.49. The first-order chi connectivity index (χ1) is 14.2. The van der Waals surface area contributed by atoms with Gasteiger partial charge in [-0.3, -0.25) is 4.98 Å². The van der Waals surface area contributed by atoms with Crippen LogP contribution in [0.25, 0.3) is 22.4 Å². The molecule has 0 saturated heterocycles. The number of nitrogens with zero attached hydrogens (tertiary/aromatic N) is 1. The molecule has 1 unspecified atom stereocenters. The first-order valence-electron chi connectivity index (χ1n) is 10.1. The van der Waals surface area contributed by atoms with Gasteiger partial charge in [0.15, 0.2) is 0 Å². The number of aromatic nitrogens is 1. The van der Waals surface area contributed by atoms with E-state index in [1.807, 2.05) is 42.6 Å². The van der Waals surface area contributed by atoms with E-state index in [-0.39, 0.29) is 0 Å². The molecular weight excluding hydrogens is 357 g/mol. The molecule has 0 aliphatic rings. The van der Waals surface area contributed by atoms with Crippen LogP contribution in [0.4, 0.5) is 4.39 Å². The summed E-state index contributed by atoms with van der Waals surface area (Å²) >= 11 is 0. The van der Waals surface area contributed by atoms with Crippen molar-refractivity contribution in [2.45, 2.75) is 38.8 Å². The molecule has 29 heavy (non-hydrogen) atoms. The average molecular weight is 384 g/mol. The summed E-state index contributed by atoms with van der Waals surface area (Å²) in [5, 5.41) is 0. The summed E-state index contributed by atoms with van der Waals surface area (Å²) in [5.74, 6) is 6.26. The Morgan fingerprint density at radius 3 is 2.28 bits per heavy atom. The first kappa shape index (κ1) is 20.6. The lowest BCUT2D eigenvalue weighted by Gasteiger charge is -2.05. The molecule has 0 saturated carbocycles. The topological polar surface area (TPSA) is 12.9 Å². The third-order valence-electron chi connectivity index (χ3n) is 4.75. The minimum Gasteiger partial charge on any atom is -0.256 e. The second-order valence-corrected chi connectivity index (χ2v) is 7.17. The van der Waals surface area contributed by atoms with Crippen molar-refractivity contribution in [1.29, 1.82) is 0 Å². The van der Waals surface area contributed by atoms with Crippen LogP contribution in [-0.2, 0) is 6.42 Å². The number of hydrogen-bond donors (Lipinski definition) is 0. The van der Waals surface area contributed by atoms with E-state index in [0.29, 0.717) is 6.42 Å². The first-order valence-corrected chi connectivity index (χ1v) is 10.1. The van der Waals surface area contributed by atoms with Crippen LogP contribution < -0.4 is 0 Å². The van der Waals surface area contributed by atoms with E-state index in [2.05, 4.69) is 53.7 Å². The van der Waals surface area contributed by atoms with Crippen LogP contribution in [0.2, 0.25) is 0 Å². The molecule has 1 nitrogen and oxygen atoms in total. The van der Waals surface area contributed by atoms with Crippen molar-refractivity contribution >= 4 is 0 Å². The number of allylic oxidation sites excluding steroid dienone is 1. The largest absolute Gasteiger partial charge is 0.256 e. The highest BCUT2D eigenvalue weighted by Gasteiger charge is 2.02. The van der Waals surface area contributed by atoms with Crippen LogP contribution in [0, 0.1) is 11.8 Å². The van der Waals surface area contributed by atoms with Gasteiger partial charge in [0.2, 0.25) is 0 Å². The van der Waals surface area contributed by atoms with E-state index < -0.39 is 6.17 Å². The zero-order valence-corrected chi connectivity index (χ0v) is 16.9. The Labute approximate surface area is 173 Å². The molecule has 0 aliphatic heterocycles. The molecule has 0 aliphatic carbocycles. The predicted octanol–water partition coefficient (Wildman–Crippen LogP) is 7.02. The molecule has 3 rings (SSSR count). The lowest BCUT2D eigenvalue weighted by atomic mass is 10.0. The van der Waals surface area contributed by atoms with Crippen LogP contribution >= 0.6 is 0 Å². The van der Waals surface area contributed by atoms with Crippen molar-refractivity contribution in [1.82, 2.24) is 4.98 Å². The fourth-order valence-electron chi connectivity index (χ4n) is 3.10. The van der Waals surface area contributed by atoms with Crippen LogP contribution in [0.15, 0.2) is 79.5 Å². The smallest absolute Gasteiger partial charge is 0.0973 e. The fourth-order valence-corrected chi connectivity index (χ4v) is 3.10. The Hall–Kier alpha value is -3.18. The van der Waals surface area contributed by atoms with Gasteiger partial charge in [-0.15, -0.1) is 6.58 Å². The van der Waals surface area contributed by atoms with Crippen molar-refractivity contribution in [3.05, 3.63) is 90.6 Å². The zero-order chi connectivity index (χ0) is 20.5. The van der Waals surface area contributed by atoms with Gasteiger partial charge < -0.3 is 0 Å². The third-order valence-corrected chi connectivity index (χ3v) is 4.75. The van der Waals surface area contributed by atoms with Crippen LogP contribution in [0.5, 0.6) is 0 Å². The van der Waals surface area contributed by atoms with E-state index in [1.165, 1.54) is 5.56 Å². The molecule has 2 aromatic carbocycles. The summed E-state index contributed by atoms with van der Waals surface area (Å²) < 4.78 is 12.8. The van der Waals surface area contributed by atoms with Crippen LogP contribution in [0.1, 0.15) is 37.3 Å². The molecule has 3 aromatic rings. The van der Waals surface area contributed by atoms with Gasteiger partial charge >= 0.3 is 0 Å². The Morgan fingerprint density at radius 1 is 0.966 bits per heavy atom. The maximum absolute atomic E-state index is 12.8. The second kappa shape index (κ2) is 10.4. The standard InChI is InChI=1S/C27H26FN/c1-3-7-22-10-14-24(15-11-22)26-18-19-27(29-20-26)25-16-12-23(13-17-25)9-6-4-5-8-21(2)28/h3,10-21H,1,4-5,7-8H2,2H3. The highest BCUT2D eigenvalue weighted by atomic mass is 19.1. The summed E-state index contributed by atoms with van der Waals surface area (Å²) in [6.45, 7) is 5.37. The molecule has 0 radical (unpaired) electrons. The van der Waals surface area contributed by atoms with Gasteiger partial charge in [0.1, 0.15) is 0 Å². The maximum Gasteiger partial charge on any atom is 0.0973 e. The molecule has 2 heteroatoms. The highest BCUT2D eigenvalue weighted by Crippen LogP contribution is 2.23. The Kier molecular flexibility index (Phi) is 7.36. The molecule has 0 N–H and O–H groups in total. The summed E-state index contributed by atoms with van der Waals surface area (Å²) in [7, 11) is 0. The number of halogens is 1. The van der Waals surface area contributed by atoms with E-state index in [4.69, 9.17) is 0 Å². The van der Waals surface area contributed by atoms with Gasteiger partial charge in [-0.25, -0.2) is 4.39 Å². The fraction of sp³-hybridized carbons (Fsp3) is 0.222. The molecule has 1 atom stereocenters. The second-order valence-electron chi connectivity index (χ2n) is 7.17. The minimum atomic E-state index is -0.744. The lowest BCUT2D eigenvalue weighted by molar-refractivity contribution is 0.336. The SMILES string of the molecule is C=CCc1ccc(-c2ccc(-c3ccc(C#CCCCC(C)F)cc3)nc2)cc1. The summed E-state index contributed by atoms with van der Waals surface area (Å²) in [6, 6.07) is 20.7. The van der Waals surface area contributed by atoms with Crippen molar-refractivity contribution in [3.63, 3.8) is 0 Å². The molecule has 146 valence electrons. The summed E-state index contributed by atoms with van der Waals surface area (Å²) in [6.07, 6.45) is 6.07. The van der Waals surface area contributed by atoms with Crippen LogP contribution in [0.3, 0.4) is 0 Å². The number of alkyl halides is 1. The molecular formula is C27H26FN. The van der Waals surface area contributed by atoms with Crippen molar-refractivity contribution < 1.29 is 4.39 Å². The van der Waals surface area contributed by atoms with Gasteiger partial charge in [-0.05, 0) is 55.5 Å². The normalized spacial score (nSPS) is 11.4. The Morgan fingerprint density at radius 2 is 1.66 bits per heavy atom. The maximum atomic E-state index is 12.8. The van der Waals surface area contributed by atoms with Gasteiger partial charge in [-0.1, -0.05) is 60.4 Å². The quantitative estimate of drug-likeness (QED) is 0.243.